The van der Waals surface area contributed by atoms with Gasteiger partial charge in [-0.15, -0.1) is 10.2 Å². The molecule has 9 heteroatoms. The van der Waals surface area contributed by atoms with Gasteiger partial charge in [-0.3, -0.25) is 10.1 Å². The van der Waals surface area contributed by atoms with E-state index in [9.17, 15) is 4.79 Å². The van der Waals surface area contributed by atoms with Crippen molar-refractivity contribution in [1.82, 2.24) is 10.2 Å². The number of amides is 1. The smallest absolute Gasteiger partial charge is 0.259 e. The van der Waals surface area contributed by atoms with Crippen LogP contribution in [0.5, 0.6) is 0 Å². The molecule has 0 aliphatic heterocycles. The largest absolute Gasteiger partial charge is 0.296 e. The summed E-state index contributed by atoms with van der Waals surface area (Å²) in [4.78, 5) is 12.3. The fourth-order valence-corrected chi connectivity index (χ4v) is 3.71. The molecular weight excluding hydrogens is 412 g/mol. The van der Waals surface area contributed by atoms with E-state index in [4.69, 9.17) is 46.4 Å². The number of hydrogen-bond acceptors (Lipinski definition) is 4. The number of carbonyl (C=O) groups is 1. The summed E-state index contributed by atoms with van der Waals surface area (Å²) in [7, 11) is 0. The Morgan fingerprint density at radius 1 is 0.917 bits per heavy atom. The zero-order chi connectivity index (χ0) is 17.3. The Morgan fingerprint density at radius 3 is 2.25 bits per heavy atom. The quantitative estimate of drug-likeness (QED) is 0.561. The Bertz CT molecular complexity index is 929. The molecule has 1 aromatic heterocycles. The molecule has 0 spiro atoms. The molecule has 3 aromatic rings. The Hall–Kier alpha value is -1.37. The lowest BCUT2D eigenvalue weighted by atomic mass is 10.2. The van der Waals surface area contributed by atoms with E-state index < -0.39 is 5.91 Å². The highest BCUT2D eigenvalue weighted by Crippen LogP contribution is 2.33. The summed E-state index contributed by atoms with van der Waals surface area (Å²) < 4.78 is 0. The van der Waals surface area contributed by atoms with E-state index >= 15 is 0 Å². The highest BCUT2D eigenvalue weighted by atomic mass is 35.5. The first-order valence-electron chi connectivity index (χ1n) is 6.49. The van der Waals surface area contributed by atoms with Crippen LogP contribution in [0.25, 0.3) is 10.6 Å². The van der Waals surface area contributed by atoms with Crippen molar-refractivity contribution in [2.75, 3.05) is 5.32 Å². The van der Waals surface area contributed by atoms with Crippen LogP contribution in [0.3, 0.4) is 0 Å². The molecule has 122 valence electrons. The lowest BCUT2D eigenvalue weighted by molar-refractivity contribution is 0.102. The maximum absolute atomic E-state index is 12.3. The Labute approximate surface area is 161 Å². The predicted molar refractivity (Wildman–Crippen MR) is 99.8 cm³/mol. The first-order valence-corrected chi connectivity index (χ1v) is 8.82. The summed E-state index contributed by atoms with van der Waals surface area (Å²) in [6.07, 6.45) is 0. The highest BCUT2D eigenvalue weighted by Gasteiger charge is 2.15. The normalized spacial score (nSPS) is 10.7. The van der Waals surface area contributed by atoms with Crippen molar-refractivity contribution < 1.29 is 4.79 Å². The number of nitrogens with zero attached hydrogens (tertiary/aromatic N) is 2. The molecule has 1 heterocycles. The van der Waals surface area contributed by atoms with Crippen LogP contribution < -0.4 is 5.32 Å². The van der Waals surface area contributed by atoms with Gasteiger partial charge in [0.25, 0.3) is 5.91 Å². The monoisotopic (exact) mass is 417 g/mol. The van der Waals surface area contributed by atoms with Gasteiger partial charge in [-0.05, 0) is 36.4 Å². The minimum atomic E-state index is -0.401. The molecule has 0 radical (unpaired) electrons. The molecule has 0 atom stereocenters. The molecule has 0 unspecified atom stereocenters. The number of anilines is 1. The summed E-state index contributed by atoms with van der Waals surface area (Å²) in [5, 5.41) is 13.2. The number of carbonyl (C=O) groups excluding carboxylic acids is 1. The highest BCUT2D eigenvalue weighted by molar-refractivity contribution is 7.18. The van der Waals surface area contributed by atoms with Crippen molar-refractivity contribution in [3.8, 4) is 10.6 Å². The fourth-order valence-electron chi connectivity index (χ4n) is 1.88. The molecule has 2 aromatic carbocycles. The van der Waals surface area contributed by atoms with Crippen molar-refractivity contribution in [2.45, 2.75) is 0 Å². The van der Waals surface area contributed by atoms with E-state index in [1.165, 1.54) is 23.5 Å². The van der Waals surface area contributed by atoms with Crippen LogP contribution in [-0.4, -0.2) is 16.1 Å². The van der Waals surface area contributed by atoms with Gasteiger partial charge < -0.3 is 0 Å². The second-order valence-electron chi connectivity index (χ2n) is 4.61. The van der Waals surface area contributed by atoms with Gasteiger partial charge in [0.2, 0.25) is 5.13 Å². The third-order valence-electron chi connectivity index (χ3n) is 2.98. The van der Waals surface area contributed by atoms with Crippen LogP contribution in [0.15, 0.2) is 36.4 Å². The van der Waals surface area contributed by atoms with Crippen LogP contribution in [0.4, 0.5) is 5.13 Å². The van der Waals surface area contributed by atoms with Crippen molar-refractivity contribution >= 4 is 68.8 Å². The summed E-state index contributed by atoms with van der Waals surface area (Å²) in [5.41, 5.74) is 0.978. The third-order valence-corrected chi connectivity index (χ3v) is 4.95. The van der Waals surface area contributed by atoms with Gasteiger partial charge in [0, 0.05) is 15.6 Å². The predicted octanol–water partition coefficient (Wildman–Crippen LogP) is 6.07. The lowest BCUT2D eigenvalue weighted by Gasteiger charge is -2.03. The number of aromatic nitrogens is 2. The Morgan fingerprint density at radius 2 is 1.58 bits per heavy atom. The van der Waals surface area contributed by atoms with Crippen molar-refractivity contribution in [3.63, 3.8) is 0 Å². The molecule has 0 aliphatic rings. The average Bonchev–Trinajstić information content (AvgIpc) is 2.95. The summed E-state index contributed by atoms with van der Waals surface area (Å²) in [6, 6.07) is 9.69. The van der Waals surface area contributed by atoms with E-state index in [0.29, 0.717) is 36.3 Å². The molecule has 1 amide bonds. The minimum Gasteiger partial charge on any atom is -0.296 e. The zero-order valence-corrected chi connectivity index (χ0v) is 15.5. The van der Waals surface area contributed by atoms with Gasteiger partial charge >= 0.3 is 0 Å². The van der Waals surface area contributed by atoms with E-state index in [1.54, 1.807) is 24.3 Å². The summed E-state index contributed by atoms with van der Waals surface area (Å²) >= 11 is 25.1. The van der Waals surface area contributed by atoms with Gasteiger partial charge in [-0.2, -0.15) is 0 Å². The molecule has 0 bridgehead atoms. The summed E-state index contributed by atoms with van der Waals surface area (Å²) in [5.74, 6) is -0.401. The SMILES string of the molecule is O=C(Nc1nnc(-c2ccc(Cl)cc2Cl)s1)c1ccc(Cl)cc1Cl. The minimum absolute atomic E-state index is 0.255. The molecule has 3 rings (SSSR count). The molecule has 1 N–H and O–H groups in total. The summed E-state index contributed by atoms with van der Waals surface area (Å²) in [6.45, 7) is 0. The van der Waals surface area contributed by atoms with Crippen molar-refractivity contribution in [3.05, 3.63) is 62.1 Å². The zero-order valence-electron chi connectivity index (χ0n) is 11.7. The van der Waals surface area contributed by atoms with E-state index in [1.807, 2.05) is 0 Å². The Kier molecular flexibility index (Phi) is 5.27. The van der Waals surface area contributed by atoms with Gasteiger partial charge in [0.15, 0.2) is 5.01 Å². The van der Waals surface area contributed by atoms with Gasteiger partial charge in [-0.25, -0.2) is 0 Å². The molecule has 0 saturated heterocycles. The molecule has 24 heavy (non-hydrogen) atoms. The van der Waals surface area contributed by atoms with Crippen LogP contribution in [0.2, 0.25) is 20.1 Å². The molecule has 4 nitrogen and oxygen atoms in total. The second kappa shape index (κ2) is 7.25. The van der Waals surface area contributed by atoms with Crippen LogP contribution in [0.1, 0.15) is 10.4 Å². The van der Waals surface area contributed by atoms with Crippen LogP contribution >= 0.6 is 57.7 Å². The second-order valence-corrected chi connectivity index (χ2v) is 7.28. The number of rotatable bonds is 3. The van der Waals surface area contributed by atoms with Gasteiger partial charge in [-0.1, -0.05) is 57.7 Å². The lowest BCUT2D eigenvalue weighted by Crippen LogP contribution is -2.12. The topological polar surface area (TPSA) is 54.9 Å². The van der Waals surface area contributed by atoms with Crippen LogP contribution in [-0.2, 0) is 0 Å². The third kappa shape index (κ3) is 3.82. The van der Waals surface area contributed by atoms with Crippen LogP contribution in [0, 0.1) is 0 Å². The Balaban J connectivity index is 1.82. The molecule has 0 aliphatic carbocycles. The molecule has 0 saturated carbocycles. The molecule has 0 fully saturated rings. The maximum Gasteiger partial charge on any atom is 0.259 e. The number of nitrogens with one attached hydrogen (secondary N) is 1. The first-order chi connectivity index (χ1) is 11.4. The molecular formula is C15H7Cl4N3OS. The number of benzene rings is 2. The fraction of sp³-hybridized carbons (Fsp3) is 0. The van der Waals surface area contributed by atoms with Gasteiger partial charge in [0.05, 0.1) is 15.6 Å². The van der Waals surface area contributed by atoms with E-state index in [-0.39, 0.29) is 5.02 Å². The number of hydrogen-bond donors (Lipinski definition) is 1. The van der Waals surface area contributed by atoms with Crippen molar-refractivity contribution in [2.24, 2.45) is 0 Å². The average molecular weight is 419 g/mol. The van der Waals surface area contributed by atoms with Gasteiger partial charge in [0.1, 0.15) is 0 Å². The van der Waals surface area contributed by atoms with Crippen molar-refractivity contribution in [1.29, 1.82) is 0 Å². The standard InChI is InChI=1S/C15H7Cl4N3OS/c16-7-1-3-9(11(18)5-7)13(23)20-15-22-21-14(24-15)10-4-2-8(17)6-12(10)19/h1-6H,(H,20,22,23). The van der Waals surface area contributed by atoms with E-state index in [0.717, 1.165) is 0 Å². The number of halogens is 4. The maximum atomic E-state index is 12.3. The first kappa shape index (κ1) is 17.5. The van der Waals surface area contributed by atoms with E-state index in [2.05, 4.69) is 15.5 Å².